The van der Waals surface area contributed by atoms with E-state index in [0.29, 0.717) is 5.25 Å². The summed E-state index contributed by atoms with van der Waals surface area (Å²) in [6.45, 7) is 2.84. The Labute approximate surface area is 59.5 Å². The fraction of sp³-hybridized carbons (Fsp3) is 0.600. The molecule has 1 heterocycles. The molecule has 1 rings (SSSR count). The number of aromatic nitrogens is 3. The molecule has 3 nitrogen and oxygen atoms in total. The number of nitrogens with zero attached hydrogens (tertiary/aromatic N) is 3. The lowest BCUT2D eigenvalue weighted by atomic mass is 10.5. The molecule has 0 aliphatic heterocycles. The maximum atomic E-state index is 4.20. The standard InChI is InChI=1S/C5H9N3S/c1-5(9)4-8-3-2-6-7-8/h2-3,5,9H,4H2,1H3. The number of hydrogen-bond donors (Lipinski definition) is 1. The van der Waals surface area contributed by atoms with Crippen molar-refractivity contribution in [1.82, 2.24) is 15.0 Å². The fourth-order valence-corrected chi connectivity index (χ4v) is 0.768. The molecule has 0 radical (unpaired) electrons. The van der Waals surface area contributed by atoms with Crippen molar-refractivity contribution in [3.8, 4) is 0 Å². The molecular formula is C5H9N3S. The average molecular weight is 143 g/mol. The van der Waals surface area contributed by atoms with Crippen molar-refractivity contribution in [3.05, 3.63) is 12.4 Å². The molecule has 0 aliphatic rings. The van der Waals surface area contributed by atoms with Crippen molar-refractivity contribution in [3.63, 3.8) is 0 Å². The fourth-order valence-electron chi connectivity index (χ4n) is 0.601. The Hall–Kier alpha value is -0.510. The number of rotatable bonds is 2. The monoisotopic (exact) mass is 143 g/mol. The van der Waals surface area contributed by atoms with Gasteiger partial charge in [0.2, 0.25) is 0 Å². The van der Waals surface area contributed by atoms with Gasteiger partial charge in [-0.1, -0.05) is 12.1 Å². The van der Waals surface area contributed by atoms with E-state index in [-0.39, 0.29) is 0 Å². The molecule has 0 bridgehead atoms. The molecule has 0 fully saturated rings. The molecule has 0 saturated carbocycles. The summed E-state index contributed by atoms with van der Waals surface area (Å²) in [5.41, 5.74) is 0. The predicted molar refractivity (Wildman–Crippen MR) is 38.5 cm³/mol. The van der Waals surface area contributed by atoms with Crippen molar-refractivity contribution < 1.29 is 0 Å². The molecule has 0 saturated heterocycles. The van der Waals surface area contributed by atoms with Crippen LogP contribution in [0.5, 0.6) is 0 Å². The topological polar surface area (TPSA) is 30.7 Å². The summed E-state index contributed by atoms with van der Waals surface area (Å²) in [6, 6.07) is 0. The molecule has 1 unspecified atom stereocenters. The van der Waals surface area contributed by atoms with Crippen LogP contribution in [0.2, 0.25) is 0 Å². The van der Waals surface area contributed by atoms with Crippen LogP contribution < -0.4 is 0 Å². The zero-order valence-corrected chi connectivity index (χ0v) is 6.12. The van der Waals surface area contributed by atoms with Crippen molar-refractivity contribution in [2.45, 2.75) is 18.7 Å². The highest BCUT2D eigenvalue weighted by molar-refractivity contribution is 7.80. The lowest BCUT2D eigenvalue weighted by Crippen LogP contribution is -2.07. The molecule has 0 aromatic carbocycles. The summed E-state index contributed by atoms with van der Waals surface area (Å²) in [4.78, 5) is 0. The zero-order chi connectivity index (χ0) is 6.69. The van der Waals surface area contributed by atoms with Gasteiger partial charge in [0.25, 0.3) is 0 Å². The Morgan fingerprint density at radius 2 is 2.56 bits per heavy atom. The van der Waals surface area contributed by atoms with E-state index < -0.39 is 0 Å². The zero-order valence-electron chi connectivity index (χ0n) is 5.23. The van der Waals surface area contributed by atoms with E-state index in [0.717, 1.165) is 6.54 Å². The highest BCUT2D eigenvalue weighted by Crippen LogP contribution is 1.94. The molecule has 0 amide bonds. The first-order chi connectivity index (χ1) is 4.29. The molecular weight excluding hydrogens is 134 g/mol. The smallest absolute Gasteiger partial charge is 0.0692 e. The van der Waals surface area contributed by atoms with Gasteiger partial charge in [-0.25, -0.2) is 0 Å². The van der Waals surface area contributed by atoms with E-state index in [2.05, 4.69) is 22.9 Å². The first-order valence-corrected chi connectivity index (χ1v) is 3.33. The van der Waals surface area contributed by atoms with Crippen LogP contribution in [-0.4, -0.2) is 20.2 Å². The molecule has 1 aromatic rings. The summed E-state index contributed by atoms with van der Waals surface area (Å²) < 4.78 is 1.76. The van der Waals surface area contributed by atoms with Gasteiger partial charge < -0.3 is 0 Å². The predicted octanol–water partition coefficient (Wildman–Crippen LogP) is 0.596. The Morgan fingerprint density at radius 3 is 3.00 bits per heavy atom. The Bertz CT molecular complexity index is 159. The Balaban J connectivity index is 2.48. The van der Waals surface area contributed by atoms with E-state index in [4.69, 9.17) is 0 Å². The van der Waals surface area contributed by atoms with E-state index in [1.54, 1.807) is 10.9 Å². The summed E-state index contributed by atoms with van der Waals surface area (Å²) in [5.74, 6) is 0. The Morgan fingerprint density at radius 1 is 1.78 bits per heavy atom. The van der Waals surface area contributed by atoms with Crippen LogP contribution >= 0.6 is 12.6 Å². The third kappa shape index (κ3) is 2.05. The first kappa shape index (κ1) is 6.61. The number of thiol groups is 1. The van der Waals surface area contributed by atoms with Crippen LogP contribution in [0.3, 0.4) is 0 Å². The Kier molecular flexibility index (Phi) is 2.10. The average Bonchev–Trinajstić information content (AvgIpc) is 2.15. The van der Waals surface area contributed by atoms with Crippen LogP contribution in [0.25, 0.3) is 0 Å². The SMILES string of the molecule is CC(S)Cn1ccnn1. The highest BCUT2D eigenvalue weighted by atomic mass is 32.1. The van der Waals surface area contributed by atoms with Gasteiger partial charge in [0.15, 0.2) is 0 Å². The van der Waals surface area contributed by atoms with Gasteiger partial charge >= 0.3 is 0 Å². The van der Waals surface area contributed by atoms with Crippen molar-refractivity contribution >= 4 is 12.6 Å². The summed E-state index contributed by atoms with van der Waals surface area (Å²) >= 11 is 4.20. The van der Waals surface area contributed by atoms with Gasteiger partial charge in [0.05, 0.1) is 12.7 Å². The molecule has 1 atom stereocenters. The van der Waals surface area contributed by atoms with Crippen LogP contribution in [-0.2, 0) is 6.54 Å². The van der Waals surface area contributed by atoms with Gasteiger partial charge in [-0.3, -0.25) is 4.68 Å². The molecule has 1 aromatic heterocycles. The van der Waals surface area contributed by atoms with Crippen LogP contribution in [0.4, 0.5) is 0 Å². The normalized spacial score (nSPS) is 13.6. The van der Waals surface area contributed by atoms with E-state index in [9.17, 15) is 0 Å². The highest BCUT2D eigenvalue weighted by Gasteiger charge is 1.94. The van der Waals surface area contributed by atoms with Crippen molar-refractivity contribution in [2.24, 2.45) is 0 Å². The van der Waals surface area contributed by atoms with E-state index >= 15 is 0 Å². The summed E-state index contributed by atoms with van der Waals surface area (Å²) in [5, 5.41) is 7.77. The quantitative estimate of drug-likeness (QED) is 0.614. The lowest BCUT2D eigenvalue weighted by Gasteiger charge is -2.00. The van der Waals surface area contributed by atoms with Gasteiger partial charge in [-0.2, -0.15) is 12.6 Å². The van der Waals surface area contributed by atoms with Gasteiger partial charge in [-0.15, -0.1) is 5.10 Å². The molecule has 50 valence electrons. The molecule has 0 spiro atoms. The maximum Gasteiger partial charge on any atom is 0.0692 e. The minimum atomic E-state index is 0.340. The third-order valence-corrected chi connectivity index (χ3v) is 1.09. The minimum absolute atomic E-state index is 0.340. The van der Waals surface area contributed by atoms with Crippen molar-refractivity contribution in [2.75, 3.05) is 0 Å². The van der Waals surface area contributed by atoms with E-state index in [1.807, 2.05) is 13.1 Å². The minimum Gasteiger partial charge on any atom is -0.251 e. The molecule has 0 aliphatic carbocycles. The van der Waals surface area contributed by atoms with Crippen molar-refractivity contribution in [1.29, 1.82) is 0 Å². The number of hydrogen-bond acceptors (Lipinski definition) is 3. The maximum absolute atomic E-state index is 4.20. The first-order valence-electron chi connectivity index (χ1n) is 2.81. The third-order valence-electron chi connectivity index (χ3n) is 0.923. The van der Waals surface area contributed by atoms with Gasteiger partial charge in [0.1, 0.15) is 0 Å². The second-order valence-corrected chi connectivity index (χ2v) is 2.86. The second-order valence-electron chi connectivity index (χ2n) is 1.97. The van der Waals surface area contributed by atoms with E-state index in [1.165, 1.54) is 0 Å². The summed E-state index contributed by atoms with van der Waals surface area (Å²) in [6.07, 6.45) is 3.49. The van der Waals surface area contributed by atoms with Crippen LogP contribution in [0, 0.1) is 0 Å². The molecule has 0 N–H and O–H groups in total. The van der Waals surface area contributed by atoms with Gasteiger partial charge in [0, 0.05) is 11.4 Å². The lowest BCUT2D eigenvalue weighted by molar-refractivity contribution is 0.589. The second kappa shape index (κ2) is 2.87. The van der Waals surface area contributed by atoms with Gasteiger partial charge in [-0.05, 0) is 0 Å². The summed E-state index contributed by atoms with van der Waals surface area (Å²) in [7, 11) is 0. The largest absolute Gasteiger partial charge is 0.251 e. The van der Waals surface area contributed by atoms with Crippen LogP contribution in [0.15, 0.2) is 12.4 Å². The van der Waals surface area contributed by atoms with Crippen LogP contribution in [0.1, 0.15) is 6.92 Å². The molecule has 4 heteroatoms. The molecule has 9 heavy (non-hydrogen) atoms.